The predicted molar refractivity (Wildman–Crippen MR) is 98.5 cm³/mol. The molecule has 0 aliphatic carbocycles. The average Bonchev–Trinajstić information content (AvgIpc) is 2.60. The van der Waals surface area contributed by atoms with E-state index in [1.807, 2.05) is 0 Å². The largest absolute Gasteiger partial charge is 0.477 e. The van der Waals surface area contributed by atoms with Crippen LogP contribution in [0.25, 0.3) is 0 Å². The zero-order valence-corrected chi connectivity index (χ0v) is 16.2. The summed E-state index contributed by atoms with van der Waals surface area (Å²) in [5.74, 6) is -1.11. The molecule has 2 atom stereocenters. The van der Waals surface area contributed by atoms with Crippen LogP contribution in [0, 0.1) is 5.92 Å². The zero-order valence-electron chi connectivity index (χ0n) is 15.4. The second kappa shape index (κ2) is 9.12. The van der Waals surface area contributed by atoms with Crippen molar-refractivity contribution in [3.8, 4) is 0 Å². The Morgan fingerprint density at radius 2 is 2.07 bits per heavy atom. The highest BCUT2D eigenvalue weighted by molar-refractivity contribution is 8.00. The van der Waals surface area contributed by atoms with Crippen LogP contribution in [0.3, 0.4) is 0 Å². The van der Waals surface area contributed by atoms with Crippen molar-refractivity contribution < 1.29 is 29.0 Å². The molecule has 0 radical (unpaired) electrons. The van der Waals surface area contributed by atoms with Gasteiger partial charge >= 0.3 is 12.1 Å². The Balaban J connectivity index is 1.95. The standard InChI is InChI=1S/C17H25N3O6S/c1-9(2)5-3-4-6-11(21)19-12-14(22)20-13(16(23)24)10(7-26-17(18)25)8-27-15(12)20/h9,12,15H,3-8H2,1-2H3,(H2,18,25)(H,19,21)(H,23,24)/t12-,15-/m1/s1. The van der Waals surface area contributed by atoms with Crippen molar-refractivity contribution in [1.29, 1.82) is 0 Å². The first kappa shape index (κ1) is 21.1. The highest BCUT2D eigenvalue weighted by atomic mass is 32.2. The number of aliphatic carboxylic acids is 1. The molecule has 0 aromatic heterocycles. The van der Waals surface area contributed by atoms with E-state index in [1.54, 1.807) is 0 Å². The molecule has 0 spiro atoms. The number of amides is 3. The van der Waals surface area contributed by atoms with Crippen molar-refractivity contribution >= 4 is 35.6 Å². The summed E-state index contributed by atoms with van der Waals surface area (Å²) in [5, 5.41) is 11.7. The van der Waals surface area contributed by atoms with Crippen molar-refractivity contribution in [3.63, 3.8) is 0 Å². The molecule has 2 aliphatic rings. The fourth-order valence-corrected chi connectivity index (χ4v) is 4.36. The van der Waals surface area contributed by atoms with Gasteiger partial charge in [0.25, 0.3) is 5.91 Å². The minimum atomic E-state index is -1.28. The topological polar surface area (TPSA) is 139 Å². The summed E-state index contributed by atoms with van der Waals surface area (Å²) in [4.78, 5) is 48.0. The number of hydrogen-bond acceptors (Lipinski definition) is 6. The maximum atomic E-state index is 12.4. The van der Waals surface area contributed by atoms with Crippen LogP contribution in [-0.2, 0) is 19.1 Å². The summed E-state index contributed by atoms with van der Waals surface area (Å²) >= 11 is 1.32. The number of nitrogens with zero attached hydrogens (tertiary/aromatic N) is 1. The first-order chi connectivity index (χ1) is 12.7. The monoisotopic (exact) mass is 399 g/mol. The van der Waals surface area contributed by atoms with Gasteiger partial charge in [0, 0.05) is 17.7 Å². The van der Waals surface area contributed by atoms with Gasteiger partial charge in [-0.2, -0.15) is 0 Å². The van der Waals surface area contributed by atoms with Gasteiger partial charge in [0.1, 0.15) is 23.7 Å². The van der Waals surface area contributed by atoms with E-state index in [9.17, 15) is 24.3 Å². The number of unbranched alkanes of at least 4 members (excludes halogenated alkanes) is 1. The fraction of sp³-hybridized carbons (Fsp3) is 0.647. The van der Waals surface area contributed by atoms with Crippen molar-refractivity contribution in [2.75, 3.05) is 12.4 Å². The fourth-order valence-electron chi connectivity index (χ4n) is 3.04. The smallest absolute Gasteiger partial charge is 0.404 e. The third-order valence-electron chi connectivity index (χ3n) is 4.39. The molecule has 150 valence electrons. The molecule has 0 bridgehead atoms. The Labute approximate surface area is 161 Å². The van der Waals surface area contributed by atoms with Crippen LogP contribution in [0.2, 0.25) is 0 Å². The minimum absolute atomic E-state index is 0.201. The maximum absolute atomic E-state index is 12.4. The molecular weight excluding hydrogens is 374 g/mol. The summed E-state index contributed by atoms with van der Waals surface area (Å²) in [5.41, 5.74) is 5.01. The van der Waals surface area contributed by atoms with Crippen LogP contribution in [0.15, 0.2) is 11.3 Å². The number of β-lactam (4-membered cyclic amide) rings is 1. The van der Waals surface area contributed by atoms with Crippen LogP contribution in [0.5, 0.6) is 0 Å². The number of carboxylic acid groups (broad SMARTS) is 1. The molecule has 1 saturated heterocycles. The molecule has 0 aromatic carbocycles. The number of carboxylic acids is 1. The molecule has 0 aromatic rings. The molecule has 10 heteroatoms. The Morgan fingerprint density at radius 3 is 2.67 bits per heavy atom. The molecule has 0 unspecified atom stereocenters. The molecule has 9 nitrogen and oxygen atoms in total. The molecule has 0 saturated carbocycles. The lowest BCUT2D eigenvalue weighted by Gasteiger charge is -2.49. The van der Waals surface area contributed by atoms with Crippen molar-refractivity contribution in [3.05, 3.63) is 11.3 Å². The Kier molecular flexibility index (Phi) is 7.11. The van der Waals surface area contributed by atoms with E-state index >= 15 is 0 Å². The summed E-state index contributed by atoms with van der Waals surface area (Å²) < 4.78 is 4.66. The summed E-state index contributed by atoms with van der Waals surface area (Å²) in [6, 6.07) is -0.736. The van der Waals surface area contributed by atoms with Crippen LogP contribution >= 0.6 is 11.8 Å². The van der Waals surface area contributed by atoms with Gasteiger partial charge in [-0.15, -0.1) is 11.8 Å². The van der Waals surface area contributed by atoms with E-state index in [0.717, 1.165) is 24.2 Å². The van der Waals surface area contributed by atoms with Crippen LogP contribution in [0.1, 0.15) is 39.5 Å². The van der Waals surface area contributed by atoms with Gasteiger partial charge in [-0.1, -0.05) is 26.7 Å². The molecule has 2 aliphatic heterocycles. The molecule has 1 fully saturated rings. The van der Waals surface area contributed by atoms with Crippen LogP contribution in [-0.4, -0.2) is 57.7 Å². The summed E-state index contributed by atoms with van der Waals surface area (Å²) in [6.45, 7) is 3.96. The average molecular weight is 399 g/mol. The number of nitrogens with one attached hydrogen (secondary N) is 1. The summed E-state index contributed by atoms with van der Waals surface area (Å²) in [7, 11) is 0. The predicted octanol–water partition coefficient (Wildman–Crippen LogP) is 1.04. The van der Waals surface area contributed by atoms with E-state index in [2.05, 4.69) is 23.9 Å². The third kappa shape index (κ3) is 5.15. The number of rotatable bonds is 9. The first-order valence-electron chi connectivity index (χ1n) is 8.84. The SMILES string of the molecule is CC(C)CCCCC(=O)N[C@@H]1C(=O)N2C(C(=O)O)=C(COC(N)=O)CS[C@H]12. The highest BCUT2D eigenvalue weighted by Gasteiger charge is 2.54. The van der Waals surface area contributed by atoms with Crippen LogP contribution < -0.4 is 11.1 Å². The second-order valence-electron chi connectivity index (χ2n) is 6.96. The summed E-state index contributed by atoms with van der Waals surface area (Å²) in [6.07, 6.45) is 2.07. The Morgan fingerprint density at radius 1 is 1.37 bits per heavy atom. The second-order valence-corrected chi connectivity index (χ2v) is 8.06. The number of hydrogen-bond donors (Lipinski definition) is 3. The van der Waals surface area contributed by atoms with E-state index in [4.69, 9.17) is 5.73 Å². The number of ether oxygens (including phenoxy) is 1. The lowest BCUT2D eigenvalue weighted by molar-refractivity contribution is -0.150. The number of primary amides is 1. The highest BCUT2D eigenvalue weighted by Crippen LogP contribution is 2.40. The third-order valence-corrected chi connectivity index (χ3v) is 5.73. The lowest BCUT2D eigenvalue weighted by atomic mass is 10.0. The van der Waals surface area contributed by atoms with E-state index in [1.165, 1.54) is 11.8 Å². The van der Waals surface area contributed by atoms with Crippen molar-refractivity contribution in [2.24, 2.45) is 11.7 Å². The van der Waals surface area contributed by atoms with Gasteiger partial charge in [0.15, 0.2) is 0 Å². The first-order valence-corrected chi connectivity index (χ1v) is 9.88. The quantitative estimate of drug-likeness (QED) is 0.389. The van der Waals surface area contributed by atoms with Crippen molar-refractivity contribution in [1.82, 2.24) is 10.2 Å². The Bertz CT molecular complexity index is 663. The Hall–Kier alpha value is -2.23. The number of carbonyl (C=O) groups excluding carboxylic acids is 3. The van der Waals surface area contributed by atoms with Crippen molar-refractivity contribution in [2.45, 2.75) is 50.9 Å². The van der Waals surface area contributed by atoms with Gasteiger partial charge in [-0.05, 0) is 12.3 Å². The molecule has 2 rings (SSSR count). The normalized spacial score (nSPS) is 21.6. The molecule has 4 N–H and O–H groups in total. The number of fused-ring (bicyclic) bond motifs is 1. The van der Waals surface area contributed by atoms with Gasteiger partial charge in [0.2, 0.25) is 5.91 Å². The minimum Gasteiger partial charge on any atom is -0.477 e. The molecular formula is C17H25N3O6S. The maximum Gasteiger partial charge on any atom is 0.404 e. The van der Waals surface area contributed by atoms with Gasteiger partial charge in [0.05, 0.1) is 0 Å². The molecule has 2 heterocycles. The van der Waals surface area contributed by atoms with Gasteiger partial charge < -0.3 is 20.9 Å². The van der Waals surface area contributed by atoms with Crippen LogP contribution in [0.4, 0.5) is 4.79 Å². The zero-order chi connectivity index (χ0) is 20.1. The molecule has 3 amide bonds. The number of thioether (sulfide) groups is 1. The molecule has 27 heavy (non-hydrogen) atoms. The van der Waals surface area contributed by atoms with E-state index in [-0.39, 0.29) is 24.0 Å². The van der Waals surface area contributed by atoms with Gasteiger partial charge in [-0.3, -0.25) is 14.5 Å². The lowest BCUT2D eigenvalue weighted by Crippen LogP contribution is -2.70. The number of carbonyl (C=O) groups is 4. The van der Waals surface area contributed by atoms with Gasteiger partial charge in [-0.25, -0.2) is 9.59 Å². The number of nitrogens with two attached hydrogens (primary N) is 1. The van der Waals surface area contributed by atoms with E-state index in [0.29, 0.717) is 17.9 Å². The van der Waals surface area contributed by atoms with E-state index < -0.39 is 29.4 Å².